The fraction of sp³-hybridized carbons (Fsp3) is 0.250. The van der Waals surface area contributed by atoms with E-state index in [9.17, 15) is 9.18 Å². The second kappa shape index (κ2) is 8.37. The minimum absolute atomic E-state index is 0.00126. The third-order valence-electron chi connectivity index (χ3n) is 5.82. The summed E-state index contributed by atoms with van der Waals surface area (Å²) in [5.41, 5.74) is 3.75. The third-order valence-corrected chi connectivity index (χ3v) is 5.82. The number of H-pyrrole nitrogens is 1. The number of aromatic amines is 1. The van der Waals surface area contributed by atoms with Crippen molar-refractivity contribution in [3.05, 3.63) is 60.7 Å². The lowest BCUT2D eigenvalue weighted by atomic mass is 9.87. The molecule has 8 heteroatoms. The fourth-order valence-corrected chi connectivity index (χ4v) is 4.02. The van der Waals surface area contributed by atoms with Gasteiger partial charge in [-0.1, -0.05) is 0 Å². The molecule has 1 fully saturated rings. The number of hydrogen-bond donors (Lipinski definition) is 2. The summed E-state index contributed by atoms with van der Waals surface area (Å²) in [6, 6.07) is 11.9. The van der Waals surface area contributed by atoms with E-state index in [1.54, 1.807) is 18.5 Å². The van der Waals surface area contributed by atoms with E-state index in [4.69, 9.17) is 9.84 Å². The molecule has 1 aliphatic rings. The number of pyridine rings is 2. The topological polar surface area (TPSA) is 101 Å². The molecule has 7 nitrogen and oxygen atoms in total. The van der Waals surface area contributed by atoms with Crippen molar-refractivity contribution in [2.75, 3.05) is 0 Å². The van der Waals surface area contributed by atoms with Crippen LogP contribution in [0.25, 0.3) is 33.7 Å². The van der Waals surface area contributed by atoms with Crippen LogP contribution >= 0.6 is 0 Å². The maximum absolute atomic E-state index is 13.4. The van der Waals surface area contributed by atoms with E-state index >= 15 is 0 Å². The Balaban J connectivity index is 1.25. The van der Waals surface area contributed by atoms with E-state index in [1.165, 1.54) is 12.1 Å². The molecule has 4 aromatic rings. The molecule has 1 saturated carbocycles. The van der Waals surface area contributed by atoms with Gasteiger partial charge in [0.2, 0.25) is 5.88 Å². The molecule has 0 spiro atoms. The van der Waals surface area contributed by atoms with Gasteiger partial charge >= 0.3 is 5.97 Å². The highest BCUT2D eigenvalue weighted by molar-refractivity contribution is 5.79. The molecule has 0 radical (unpaired) electrons. The summed E-state index contributed by atoms with van der Waals surface area (Å²) in [6.07, 6.45) is 6.14. The number of halogens is 1. The largest absolute Gasteiger partial charge is 0.481 e. The molecule has 1 aromatic carbocycles. The smallest absolute Gasteiger partial charge is 0.306 e. The molecule has 162 valence electrons. The van der Waals surface area contributed by atoms with Crippen LogP contribution in [0, 0.1) is 11.7 Å². The van der Waals surface area contributed by atoms with Gasteiger partial charge < -0.3 is 14.8 Å². The Morgan fingerprint density at radius 3 is 2.47 bits per heavy atom. The number of carbonyl (C=O) groups is 1. The minimum Gasteiger partial charge on any atom is -0.481 e. The number of aliphatic carboxylic acids is 1. The Morgan fingerprint density at radius 1 is 1.00 bits per heavy atom. The quantitative estimate of drug-likeness (QED) is 0.468. The van der Waals surface area contributed by atoms with Gasteiger partial charge in [-0.3, -0.25) is 9.78 Å². The fourth-order valence-electron chi connectivity index (χ4n) is 4.02. The number of benzene rings is 1. The summed E-state index contributed by atoms with van der Waals surface area (Å²) >= 11 is 0. The highest BCUT2D eigenvalue weighted by Crippen LogP contribution is 2.28. The molecule has 0 aliphatic heterocycles. The van der Waals surface area contributed by atoms with Crippen molar-refractivity contribution < 1.29 is 19.0 Å². The van der Waals surface area contributed by atoms with Crippen LogP contribution in [-0.4, -0.2) is 37.1 Å². The average molecular weight is 432 g/mol. The number of nitrogens with one attached hydrogen (secondary N) is 1. The van der Waals surface area contributed by atoms with Crippen LogP contribution in [0.15, 0.2) is 54.9 Å². The van der Waals surface area contributed by atoms with E-state index in [0.29, 0.717) is 35.6 Å². The molecular weight excluding hydrogens is 411 g/mol. The number of ether oxygens (including phenoxy) is 1. The lowest BCUT2D eigenvalue weighted by Gasteiger charge is -2.26. The van der Waals surface area contributed by atoms with Crippen molar-refractivity contribution >= 4 is 17.0 Å². The van der Waals surface area contributed by atoms with Crippen LogP contribution < -0.4 is 4.74 Å². The number of nitrogens with zero attached hydrogens (tertiary/aromatic N) is 3. The summed E-state index contributed by atoms with van der Waals surface area (Å²) in [4.78, 5) is 27.6. The van der Waals surface area contributed by atoms with E-state index in [-0.39, 0.29) is 17.8 Å². The number of fused-ring (bicyclic) bond motifs is 1. The molecule has 2 N–H and O–H groups in total. The second-order valence-electron chi connectivity index (χ2n) is 7.99. The lowest BCUT2D eigenvalue weighted by Crippen LogP contribution is -2.28. The monoisotopic (exact) mass is 432 g/mol. The number of carboxylic acid groups (broad SMARTS) is 1. The zero-order valence-corrected chi connectivity index (χ0v) is 17.2. The predicted molar refractivity (Wildman–Crippen MR) is 117 cm³/mol. The molecular formula is C24H21FN4O3. The van der Waals surface area contributed by atoms with Gasteiger partial charge in [-0.25, -0.2) is 14.4 Å². The summed E-state index contributed by atoms with van der Waals surface area (Å²) in [7, 11) is 0. The Kier molecular flexibility index (Phi) is 5.26. The summed E-state index contributed by atoms with van der Waals surface area (Å²) in [6.45, 7) is 0. The van der Waals surface area contributed by atoms with Gasteiger partial charge in [-0.2, -0.15) is 0 Å². The molecule has 0 atom stereocenters. The predicted octanol–water partition coefficient (Wildman–Crippen LogP) is 4.85. The van der Waals surface area contributed by atoms with E-state index < -0.39 is 5.97 Å². The van der Waals surface area contributed by atoms with Crippen molar-refractivity contribution in [3.63, 3.8) is 0 Å². The van der Waals surface area contributed by atoms with Crippen LogP contribution in [0.1, 0.15) is 25.7 Å². The number of imidazole rings is 1. The maximum atomic E-state index is 13.4. The van der Waals surface area contributed by atoms with E-state index in [2.05, 4.69) is 19.9 Å². The molecule has 3 heterocycles. The normalized spacial score (nSPS) is 18.5. The minimum atomic E-state index is -0.723. The zero-order valence-electron chi connectivity index (χ0n) is 17.2. The highest BCUT2D eigenvalue weighted by Gasteiger charge is 2.27. The first-order valence-electron chi connectivity index (χ1n) is 10.5. The van der Waals surface area contributed by atoms with Crippen molar-refractivity contribution in [2.45, 2.75) is 31.8 Å². The Hall–Kier alpha value is -3.81. The number of aromatic nitrogens is 4. The van der Waals surface area contributed by atoms with Gasteiger partial charge in [0.1, 0.15) is 17.7 Å². The van der Waals surface area contributed by atoms with Crippen LogP contribution in [-0.2, 0) is 4.79 Å². The zero-order chi connectivity index (χ0) is 22.1. The third kappa shape index (κ3) is 4.16. The van der Waals surface area contributed by atoms with Crippen molar-refractivity contribution in [2.24, 2.45) is 5.92 Å². The standard InChI is InChI=1S/C24H21FN4O3/c25-17-5-9-20-21(11-17)29-23(28-20)16-3-8-19(26-13-16)15-4-10-22(27-12-15)32-18-6-1-14(2-7-18)24(30)31/h3-5,8-14,18H,1-2,6-7H2,(H,28,29)(H,30,31)/t14-,18+. The van der Waals surface area contributed by atoms with Gasteiger partial charge in [0.15, 0.2) is 0 Å². The molecule has 1 aliphatic carbocycles. The number of rotatable bonds is 5. The molecule has 0 amide bonds. The summed E-state index contributed by atoms with van der Waals surface area (Å²) in [5.74, 6) is -0.143. The van der Waals surface area contributed by atoms with Crippen LogP contribution in [0.3, 0.4) is 0 Å². The Labute approximate surface area is 183 Å². The lowest BCUT2D eigenvalue weighted by molar-refractivity contribution is -0.143. The first-order valence-corrected chi connectivity index (χ1v) is 10.5. The van der Waals surface area contributed by atoms with Gasteiger partial charge in [-0.05, 0) is 62.1 Å². The molecule has 32 heavy (non-hydrogen) atoms. The SMILES string of the molecule is O=C(O)[C@H]1CC[C@@H](Oc2ccc(-c3ccc(-c4nc5ccc(F)cc5[nH]4)cn3)cn2)CC1. The second-order valence-corrected chi connectivity index (χ2v) is 7.99. The maximum Gasteiger partial charge on any atom is 0.306 e. The average Bonchev–Trinajstić information content (AvgIpc) is 3.23. The van der Waals surface area contributed by atoms with E-state index in [0.717, 1.165) is 29.7 Å². The van der Waals surface area contributed by atoms with Gasteiger partial charge in [0, 0.05) is 29.6 Å². The molecule has 5 rings (SSSR count). The molecule has 0 saturated heterocycles. The van der Waals surface area contributed by atoms with Crippen molar-refractivity contribution in [1.82, 2.24) is 19.9 Å². The van der Waals surface area contributed by atoms with Crippen molar-refractivity contribution in [1.29, 1.82) is 0 Å². The summed E-state index contributed by atoms with van der Waals surface area (Å²) < 4.78 is 19.3. The van der Waals surface area contributed by atoms with Crippen molar-refractivity contribution in [3.8, 4) is 28.5 Å². The first kappa shape index (κ1) is 20.1. The highest BCUT2D eigenvalue weighted by atomic mass is 19.1. The Morgan fingerprint density at radius 2 is 1.78 bits per heavy atom. The molecule has 0 unspecified atom stereocenters. The molecule has 0 bridgehead atoms. The van der Waals surface area contributed by atoms with E-state index in [1.807, 2.05) is 24.3 Å². The van der Waals surface area contributed by atoms with Gasteiger partial charge in [-0.15, -0.1) is 0 Å². The van der Waals surface area contributed by atoms with Gasteiger partial charge in [0.25, 0.3) is 0 Å². The molecule has 3 aromatic heterocycles. The van der Waals surface area contributed by atoms with Crippen LogP contribution in [0.2, 0.25) is 0 Å². The number of carboxylic acids is 1. The van der Waals surface area contributed by atoms with Crippen LogP contribution in [0.4, 0.5) is 4.39 Å². The first-order chi connectivity index (χ1) is 15.5. The Bertz CT molecular complexity index is 1250. The number of hydrogen-bond acceptors (Lipinski definition) is 5. The summed E-state index contributed by atoms with van der Waals surface area (Å²) in [5, 5.41) is 9.10. The van der Waals surface area contributed by atoms with Gasteiger partial charge in [0.05, 0.1) is 22.6 Å². The van der Waals surface area contributed by atoms with Crippen LogP contribution in [0.5, 0.6) is 5.88 Å².